The maximum Gasteiger partial charge on any atom is 0.0802 e. The van der Waals surface area contributed by atoms with E-state index in [4.69, 9.17) is 0 Å². The Morgan fingerprint density at radius 3 is 2.75 bits per heavy atom. The molecule has 0 aromatic heterocycles. The van der Waals surface area contributed by atoms with Crippen LogP contribution >= 0.6 is 0 Å². The van der Waals surface area contributed by atoms with Gasteiger partial charge in [0.2, 0.25) is 0 Å². The third kappa shape index (κ3) is 3.06. The molecule has 1 aromatic rings. The number of aliphatic hydroxyl groups is 1. The maximum atomic E-state index is 10.0. The van der Waals surface area contributed by atoms with E-state index in [-0.39, 0.29) is 6.10 Å². The first kappa shape index (κ1) is 11.6. The van der Waals surface area contributed by atoms with E-state index in [1.165, 1.54) is 19.5 Å². The Morgan fingerprint density at radius 2 is 2.12 bits per heavy atom. The Kier molecular flexibility index (Phi) is 3.97. The fraction of sp³-hybridized carbons (Fsp3) is 0.571. The number of hydrogen-bond donors (Lipinski definition) is 1. The van der Waals surface area contributed by atoms with Gasteiger partial charge < -0.3 is 10.0 Å². The van der Waals surface area contributed by atoms with Crippen LogP contribution in [0.25, 0.3) is 0 Å². The Hall–Kier alpha value is -0.860. The second-order valence-electron chi connectivity index (χ2n) is 4.91. The zero-order chi connectivity index (χ0) is 11.4. The van der Waals surface area contributed by atoms with E-state index < -0.39 is 0 Å². The van der Waals surface area contributed by atoms with Crippen molar-refractivity contribution in [1.29, 1.82) is 0 Å². The summed E-state index contributed by atoms with van der Waals surface area (Å²) in [6, 6.07) is 9.94. The van der Waals surface area contributed by atoms with E-state index in [0.29, 0.717) is 0 Å². The molecule has 0 aliphatic carbocycles. The molecule has 0 amide bonds. The monoisotopic (exact) mass is 219 g/mol. The van der Waals surface area contributed by atoms with Crippen LogP contribution in [0.1, 0.15) is 31.4 Å². The Bertz CT molecular complexity index is 312. The summed E-state index contributed by atoms with van der Waals surface area (Å²) in [6.07, 6.45) is 1.84. The van der Waals surface area contributed by atoms with Crippen LogP contribution < -0.4 is 0 Å². The lowest BCUT2D eigenvalue weighted by atomic mass is 10.1. The van der Waals surface area contributed by atoms with Gasteiger partial charge in [0, 0.05) is 13.1 Å². The molecule has 2 unspecified atom stereocenters. The third-order valence-corrected chi connectivity index (χ3v) is 3.41. The van der Waals surface area contributed by atoms with Gasteiger partial charge in [-0.3, -0.25) is 0 Å². The summed E-state index contributed by atoms with van der Waals surface area (Å²) in [6.45, 7) is 5.71. The molecule has 16 heavy (non-hydrogen) atoms. The van der Waals surface area contributed by atoms with Crippen LogP contribution in [0, 0.1) is 5.92 Å². The van der Waals surface area contributed by atoms with E-state index >= 15 is 0 Å². The fourth-order valence-electron chi connectivity index (χ4n) is 2.38. The van der Waals surface area contributed by atoms with Crippen molar-refractivity contribution in [3.8, 4) is 0 Å². The van der Waals surface area contributed by atoms with Gasteiger partial charge in [0.05, 0.1) is 6.10 Å². The van der Waals surface area contributed by atoms with Gasteiger partial charge in [-0.1, -0.05) is 37.3 Å². The standard InChI is InChI=1S/C14H21NO/c1-12-7-9-15(11-12)10-8-14(16)13-5-3-2-4-6-13/h2-6,12,14,16H,7-11H2,1H3. The lowest BCUT2D eigenvalue weighted by Crippen LogP contribution is -2.23. The molecule has 0 bridgehead atoms. The van der Waals surface area contributed by atoms with Gasteiger partial charge in [0.25, 0.3) is 0 Å². The van der Waals surface area contributed by atoms with Crippen LogP contribution in [0.15, 0.2) is 30.3 Å². The molecule has 0 radical (unpaired) electrons. The average Bonchev–Trinajstić information content (AvgIpc) is 2.73. The van der Waals surface area contributed by atoms with Crippen molar-refractivity contribution in [2.45, 2.75) is 25.9 Å². The van der Waals surface area contributed by atoms with Gasteiger partial charge in [0.15, 0.2) is 0 Å². The van der Waals surface area contributed by atoms with Crippen LogP contribution in [0.4, 0.5) is 0 Å². The highest BCUT2D eigenvalue weighted by Gasteiger charge is 2.19. The third-order valence-electron chi connectivity index (χ3n) is 3.41. The number of nitrogens with zero attached hydrogens (tertiary/aromatic N) is 1. The predicted molar refractivity (Wildman–Crippen MR) is 66.2 cm³/mol. The summed E-state index contributed by atoms with van der Waals surface area (Å²) in [5, 5.41) is 10.0. The average molecular weight is 219 g/mol. The minimum Gasteiger partial charge on any atom is -0.388 e. The quantitative estimate of drug-likeness (QED) is 0.841. The van der Waals surface area contributed by atoms with Gasteiger partial charge in [-0.25, -0.2) is 0 Å². The summed E-state index contributed by atoms with van der Waals surface area (Å²) in [7, 11) is 0. The van der Waals surface area contributed by atoms with Crippen molar-refractivity contribution in [3.05, 3.63) is 35.9 Å². The van der Waals surface area contributed by atoms with Gasteiger partial charge >= 0.3 is 0 Å². The van der Waals surface area contributed by atoms with E-state index in [2.05, 4.69) is 11.8 Å². The molecule has 1 heterocycles. The van der Waals surface area contributed by atoms with Crippen LogP contribution in [0.5, 0.6) is 0 Å². The Balaban J connectivity index is 1.78. The van der Waals surface area contributed by atoms with Crippen molar-refractivity contribution in [1.82, 2.24) is 4.90 Å². The fourth-order valence-corrected chi connectivity index (χ4v) is 2.38. The summed E-state index contributed by atoms with van der Waals surface area (Å²) in [4.78, 5) is 2.46. The van der Waals surface area contributed by atoms with E-state index in [9.17, 15) is 5.11 Å². The topological polar surface area (TPSA) is 23.5 Å². The molecule has 2 atom stereocenters. The smallest absolute Gasteiger partial charge is 0.0802 e. The predicted octanol–water partition coefficient (Wildman–Crippen LogP) is 2.45. The van der Waals surface area contributed by atoms with E-state index in [1.807, 2.05) is 30.3 Å². The molecule has 0 saturated carbocycles. The molecule has 2 nitrogen and oxygen atoms in total. The van der Waals surface area contributed by atoms with Crippen LogP contribution in [-0.2, 0) is 0 Å². The summed E-state index contributed by atoms with van der Waals surface area (Å²) >= 11 is 0. The number of rotatable bonds is 4. The lowest BCUT2D eigenvalue weighted by molar-refractivity contribution is 0.148. The van der Waals surface area contributed by atoms with Gasteiger partial charge in [-0.2, -0.15) is 0 Å². The molecule has 1 aliphatic rings. The minimum atomic E-state index is -0.308. The molecule has 1 N–H and O–H groups in total. The summed E-state index contributed by atoms with van der Waals surface area (Å²) in [5.41, 5.74) is 1.04. The van der Waals surface area contributed by atoms with Crippen LogP contribution in [0.3, 0.4) is 0 Å². The molecule has 1 saturated heterocycles. The maximum absolute atomic E-state index is 10.0. The van der Waals surface area contributed by atoms with Gasteiger partial charge in [-0.05, 0) is 30.9 Å². The van der Waals surface area contributed by atoms with Crippen LogP contribution in [-0.4, -0.2) is 29.6 Å². The van der Waals surface area contributed by atoms with Crippen molar-refractivity contribution < 1.29 is 5.11 Å². The largest absolute Gasteiger partial charge is 0.388 e. The summed E-state index contributed by atoms with van der Waals surface area (Å²) in [5.74, 6) is 0.828. The highest BCUT2D eigenvalue weighted by molar-refractivity contribution is 5.17. The molecular weight excluding hydrogens is 198 g/mol. The van der Waals surface area contributed by atoms with Crippen molar-refractivity contribution >= 4 is 0 Å². The molecule has 1 aliphatic heterocycles. The first-order chi connectivity index (χ1) is 7.75. The van der Waals surface area contributed by atoms with Gasteiger partial charge in [-0.15, -0.1) is 0 Å². The highest BCUT2D eigenvalue weighted by atomic mass is 16.3. The number of likely N-dealkylation sites (tertiary alicyclic amines) is 1. The lowest BCUT2D eigenvalue weighted by Gasteiger charge is -2.18. The minimum absolute atomic E-state index is 0.308. The van der Waals surface area contributed by atoms with E-state index in [0.717, 1.165) is 24.4 Å². The molecule has 1 aromatic carbocycles. The van der Waals surface area contributed by atoms with Crippen LogP contribution in [0.2, 0.25) is 0 Å². The van der Waals surface area contributed by atoms with Crippen molar-refractivity contribution in [3.63, 3.8) is 0 Å². The normalized spacial score (nSPS) is 23.5. The second-order valence-corrected chi connectivity index (χ2v) is 4.91. The SMILES string of the molecule is CC1CCN(CCC(O)c2ccccc2)C1. The zero-order valence-corrected chi connectivity index (χ0v) is 9.97. The molecule has 1 fully saturated rings. The van der Waals surface area contributed by atoms with Gasteiger partial charge in [0.1, 0.15) is 0 Å². The first-order valence-corrected chi connectivity index (χ1v) is 6.21. The number of hydrogen-bond acceptors (Lipinski definition) is 2. The molecular formula is C14H21NO. The van der Waals surface area contributed by atoms with E-state index in [1.54, 1.807) is 0 Å². The molecule has 88 valence electrons. The molecule has 2 rings (SSSR count). The van der Waals surface area contributed by atoms with Crippen molar-refractivity contribution in [2.24, 2.45) is 5.92 Å². The number of aliphatic hydroxyl groups excluding tert-OH is 1. The molecule has 2 heteroatoms. The Labute approximate surface area is 97.9 Å². The zero-order valence-electron chi connectivity index (χ0n) is 9.97. The highest BCUT2D eigenvalue weighted by Crippen LogP contribution is 2.20. The second kappa shape index (κ2) is 5.46. The Morgan fingerprint density at radius 1 is 1.38 bits per heavy atom. The van der Waals surface area contributed by atoms with Crippen molar-refractivity contribution in [2.75, 3.05) is 19.6 Å². The molecule has 0 spiro atoms. The first-order valence-electron chi connectivity index (χ1n) is 6.21. The summed E-state index contributed by atoms with van der Waals surface area (Å²) < 4.78 is 0. The number of benzene rings is 1.